The minimum Gasteiger partial charge on any atom is -0.394 e. The van der Waals surface area contributed by atoms with Crippen molar-refractivity contribution in [3.05, 3.63) is 36.5 Å². The van der Waals surface area contributed by atoms with Gasteiger partial charge in [-0.05, 0) is 0 Å². The predicted molar refractivity (Wildman–Crippen MR) is 73.3 cm³/mol. The SMILES string of the molecule is OC[C@H]1OC[C@H](O)[C@H](n2cc(-c3ccccc3)nn2)[C@H]1O. The smallest absolute Gasteiger partial charge is 0.113 e. The van der Waals surface area contributed by atoms with Crippen LogP contribution in [0.4, 0.5) is 0 Å². The zero-order chi connectivity index (χ0) is 14.8. The van der Waals surface area contributed by atoms with Crippen molar-refractivity contribution in [1.29, 1.82) is 0 Å². The number of hydrogen-bond acceptors (Lipinski definition) is 6. The molecule has 1 aliphatic heterocycles. The molecule has 0 aliphatic carbocycles. The fraction of sp³-hybridized carbons (Fsp3) is 0.429. The number of rotatable bonds is 3. The second-order valence-electron chi connectivity index (χ2n) is 5.05. The summed E-state index contributed by atoms with van der Waals surface area (Å²) in [7, 11) is 0. The van der Waals surface area contributed by atoms with E-state index in [0.717, 1.165) is 5.56 Å². The first kappa shape index (κ1) is 14.2. The van der Waals surface area contributed by atoms with Crippen LogP contribution >= 0.6 is 0 Å². The maximum atomic E-state index is 10.2. The highest BCUT2D eigenvalue weighted by molar-refractivity contribution is 5.57. The van der Waals surface area contributed by atoms with Gasteiger partial charge in [-0.1, -0.05) is 35.5 Å². The molecule has 1 aromatic heterocycles. The van der Waals surface area contributed by atoms with E-state index in [9.17, 15) is 15.3 Å². The Hall–Kier alpha value is -1.80. The fourth-order valence-electron chi connectivity index (χ4n) is 2.52. The molecule has 0 amide bonds. The Bertz CT molecular complexity index is 589. The summed E-state index contributed by atoms with van der Waals surface area (Å²) >= 11 is 0. The highest BCUT2D eigenvalue weighted by Gasteiger charge is 2.40. The third-order valence-corrected chi connectivity index (χ3v) is 3.67. The molecule has 0 radical (unpaired) electrons. The Kier molecular flexibility index (Phi) is 3.98. The molecule has 1 aliphatic rings. The first-order chi connectivity index (χ1) is 10.2. The van der Waals surface area contributed by atoms with E-state index >= 15 is 0 Å². The molecule has 3 rings (SSSR count). The van der Waals surface area contributed by atoms with Crippen molar-refractivity contribution in [2.24, 2.45) is 0 Å². The van der Waals surface area contributed by atoms with Crippen LogP contribution < -0.4 is 0 Å². The Morgan fingerprint density at radius 2 is 2.00 bits per heavy atom. The summed E-state index contributed by atoms with van der Waals surface area (Å²) in [5.74, 6) is 0. The Balaban J connectivity index is 1.88. The maximum absolute atomic E-state index is 10.2. The molecule has 2 aromatic rings. The molecule has 112 valence electrons. The number of aromatic nitrogens is 3. The Morgan fingerprint density at radius 1 is 1.24 bits per heavy atom. The molecule has 2 heterocycles. The molecule has 1 saturated heterocycles. The van der Waals surface area contributed by atoms with Crippen molar-refractivity contribution in [3.8, 4) is 11.3 Å². The molecule has 0 bridgehead atoms. The second kappa shape index (κ2) is 5.90. The van der Waals surface area contributed by atoms with Crippen molar-refractivity contribution >= 4 is 0 Å². The minimum atomic E-state index is -1.05. The summed E-state index contributed by atoms with van der Waals surface area (Å²) in [5.41, 5.74) is 1.56. The summed E-state index contributed by atoms with van der Waals surface area (Å²) in [6.07, 6.45) is -1.02. The molecule has 1 fully saturated rings. The number of benzene rings is 1. The van der Waals surface area contributed by atoms with Gasteiger partial charge < -0.3 is 20.1 Å². The summed E-state index contributed by atoms with van der Waals surface area (Å²) in [6, 6.07) is 8.82. The number of aliphatic hydroxyl groups is 3. The number of hydrogen-bond donors (Lipinski definition) is 3. The van der Waals surface area contributed by atoms with Crippen LogP contribution in [-0.2, 0) is 4.74 Å². The van der Waals surface area contributed by atoms with E-state index < -0.39 is 24.4 Å². The molecule has 7 heteroatoms. The van der Waals surface area contributed by atoms with Crippen molar-refractivity contribution in [2.75, 3.05) is 13.2 Å². The quantitative estimate of drug-likeness (QED) is 0.711. The predicted octanol–water partition coefficient (Wildman–Crippen LogP) is -0.401. The normalized spacial score (nSPS) is 29.5. The van der Waals surface area contributed by atoms with E-state index in [1.807, 2.05) is 30.3 Å². The molecule has 0 unspecified atom stereocenters. The summed E-state index contributed by atoms with van der Waals surface area (Å²) in [4.78, 5) is 0. The van der Waals surface area contributed by atoms with Gasteiger partial charge in [-0.3, -0.25) is 0 Å². The van der Waals surface area contributed by atoms with Crippen LogP contribution in [0.15, 0.2) is 36.5 Å². The summed E-state index contributed by atoms with van der Waals surface area (Å²) < 4.78 is 6.62. The van der Waals surface area contributed by atoms with E-state index in [0.29, 0.717) is 5.69 Å². The van der Waals surface area contributed by atoms with Gasteiger partial charge in [0.2, 0.25) is 0 Å². The summed E-state index contributed by atoms with van der Waals surface area (Å²) in [5, 5.41) is 37.5. The van der Waals surface area contributed by atoms with Crippen LogP contribution in [-0.4, -0.2) is 61.8 Å². The highest BCUT2D eigenvalue weighted by Crippen LogP contribution is 2.27. The van der Waals surface area contributed by atoms with Gasteiger partial charge in [-0.25, -0.2) is 4.68 Å². The molecular formula is C14H17N3O4. The number of aliphatic hydroxyl groups excluding tert-OH is 3. The third kappa shape index (κ3) is 2.68. The number of nitrogens with zero attached hydrogens (tertiary/aromatic N) is 3. The average molecular weight is 291 g/mol. The fourth-order valence-corrected chi connectivity index (χ4v) is 2.52. The van der Waals surface area contributed by atoms with Gasteiger partial charge in [0.15, 0.2) is 0 Å². The monoisotopic (exact) mass is 291 g/mol. The minimum absolute atomic E-state index is 0.0352. The lowest BCUT2D eigenvalue weighted by atomic mass is 9.97. The second-order valence-corrected chi connectivity index (χ2v) is 5.05. The van der Waals surface area contributed by atoms with Crippen LogP contribution in [0.2, 0.25) is 0 Å². The van der Waals surface area contributed by atoms with E-state index in [4.69, 9.17) is 4.74 Å². The van der Waals surface area contributed by atoms with Crippen molar-refractivity contribution in [1.82, 2.24) is 15.0 Å². The molecule has 4 atom stereocenters. The van der Waals surface area contributed by atoms with Crippen LogP contribution in [0.1, 0.15) is 6.04 Å². The number of ether oxygens (including phenoxy) is 1. The molecule has 0 spiro atoms. The van der Waals surface area contributed by atoms with Crippen LogP contribution in [0.3, 0.4) is 0 Å². The lowest BCUT2D eigenvalue weighted by Gasteiger charge is -2.36. The van der Waals surface area contributed by atoms with Crippen molar-refractivity contribution in [3.63, 3.8) is 0 Å². The Morgan fingerprint density at radius 3 is 2.71 bits per heavy atom. The molecule has 0 saturated carbocycles. The largest absolute Gasteiger partial charge is 0.394 e. The highest BCUT2D eigenvalue weighted by atomic mass is 16.5. The molecule has 21 heavy (non-hydrogen) atoms. The van der Waals surface area contributed by atoms with Crippen LogP contribution in [0.25, 0.3) is 11.3 Å². The van der Waals surface area contributed by atoms with E-state index in [1.165, 1.54) is 4.68 Å². The van der Waals surface area contributed by atoms with Gasteiger partial charge in [-0.15, -0.1) is 5.10 Å². The zero-order valence-electron chi connectivity index (χ0n) is 11.3. The van der Waals surface area contributed by atoms with E-state index in [2.05, 4.69) is 10.3 Å². The van der Waals surface area contributed by atoms with Crippen molar-refractivity contribution in [2.45, 2.75) is 24.4 Å². The first-order valence-corrected chi connectivity index (χ1v) is 6.76. The summed E-state index contributed by atoms with van der Waals surface area (Å²) in [6.45, 7) is -0.280. The van der Waals surface area contributed by atoms with Gasteiger partial charge in [0.1, 0.15) is 30.0 Å². The Labute approximate surface area is 121 Å². The first-order valence-electron chi connectivity index (χ1n) is 6.76. The van der Waals surface area contributed by atoms with Gasteiger partial charge in [-0.2, -0.15) is 0 Å². The van der Waals surface area contributed by atoms with Gasteiger partial charge >= 0.3 is 0 Å². The molecule has 7 nitrogen and oxygen atoms in total. The molecule has 1 aromatic carbocycles. The maximum Gasteiger partial charge on any atom is 0.113 e. The van der Waals surface area contributed by atoms with E-state index in [1.54, 1.807) is 6.20 Å². The van der Waals surface area contributed by atoms with Crippen LogP contribution in [0.5, 0.6) is 0 Å². The van der Waals surface area contributed by atoms with Gasteiger partial charge in [0.05, 0.1) is 19.4 Å². The lowest BCUT2D eigenvalue weighted by Crippen LogP contribution is -2.51. The van der Waals surface area contributed by atoms with Gasteiger partial charge in [0, 0.05) is 5.56 Å². The zero-order valence-corrected chi connectivity index (χ0v) is 11.3. The topological polar surface area (TPSA) is 101 Å². The van der Waals surface area contributed by atoms with E-state index in [-0.39, 0.29) is 13.2 Å². The third-order valence-electron chi connectivity index (χ3n) is 3.67. The lowest BCUT2D eigenvalue weighted by molar-refractivity contribution is -0.166. The standard InChI is InChI=1S/C14H17N3O4/c18-7-12-14(20)13(11(19)8-21-12)17-6-10(15-16-17)9-4-2-1-3-5-9/h1-6,11-14,18-20H,7-8H2/t11-,12+,13-,14-/m0/s1. The van der Waals surface area contributed by atoms with Gasteiger partial charge in [0.25, 0.3) is 0 Å². The average Bonchev–Trinajstić information content (AvgIpc) is 2.98. The van der Waals surface area contributed by atoms with Crippen LogP contribution in [0, 0.1) is 0 Å². The molecule has 3 N–H and O–H groups in total. The molecular weight excluding hydrogens is 274 g/mol. The van der Waals surface area contributed by atoms with Crippen molar-refractivity contribution < 1.29 is 20.1 Å².